The molecular weight excluding hydrogens is 504 g/mol. The first-order chi connectivity index (χ1) is 20.6. The van der Waals surface area contributed by atoms with Gasteiger partial charge in [0.25, 0.3) is 0 Å². The van der Waals surface area contributed by atoms with Gasteiger partial charge >= 0.3 is 0 Å². The second kappa shape index (κ2) is 13.3. The second-order valence-electron chi connectivity index (χ2n) is 10.8. The zero-order valence-corrected chi connectivity index (χ0v) is 25.5. The highest BCUT2D eigenvalue weighted by Gasteiger charge is 2.18. The molecule has 0 heteroatoms. The Balaban J connectivity index is 0.000000341. The monoisotopic (exact) mass is 544 g/mol. The summed E-state index contributed by atoms with van der Waals surface area (Å²) in [7, 11) is 0. The number of benzene rings is 6. The standard InChI is InChI=1S/C33H26.C7H8.C2H6/c1-22-7-3-5-9-30(22)32-20-26(12-11-23(32)2)24-13-15-25(16-14-24)27-17-18-29-19-28-8-4-6-10-31(28)33(29)21-27;1-7-5-3-2-4-6-7;1-2/h3-18,20-21H,19H2,1-2H3;2-6H,1H3;1-2H3. The predicted octanol–water partition coefficient (Wildman–Crippen LogP) is 11.9. The van der Waals surface area contributed by atoms with Crippen LogP contribution in [0.1, 0.15) is 41.7 Å². The van der Waals surface area contributed by atoms with Crippen LogP contribution >= 0.6 is 0 Å². The van der Waals surface area contributed by atoms with Gasteiger partial charge in [-0.2, -0.15) is 0 Å². The van der Waals surface area contributed by atoms with E-state index >= 15 is 0 Å². The van der Waals surface area contributed by atoms with Crippen molar-refractivity contribution in [3.05, 3.63) is 167 Å². The van der Waals surface area contributed by atoms with Gasteiger partial charge in [-0.15, -0.1) is 0 Å². The number of rotatable bonds is 3. The van der Waals surface area contributed by atoms with E-state index in [-0.39, 0.29) is 0 Å². The number of aryl methyl sites for hydroxylation is 3. The van der Waals surface area contributed by atoms with Gasteiger partial charge in [-0.05, 0) is 106 Å². The molecule has 0 bridgehead atoms. The molecule has 208 valence electrons. The van der Waals surface area contributed by atoms with Gasteiger partial charge in [0.05, 0.1) is 0 Å². The summed E-state index contributed by atoms with van der Waals surface area (Å²) >= 11 is 0. The van der Waals surface area contributed by atoms with E-state index in [0.717, 1.165) is 6.42 Å². The molecule has 6 aromatic rings. The van der Waals surface area contributed by atoms with E-state index < -0.39 is 0 Å². The van der Waals surface area contributed by atoms with Gasteiger partial charge in [0, 0.05) is 0 Å². The maximum atomic E-state index is 2.36. The fraction of sp³-hybridized carbons (Fsp3) is 0.143. The minimum absolute atomic E-state index is 1.04. The summed E-state index contributed by atoms with van der Waals surface area (Å²) in [4.78, 5) is 0. The van der Waals surface area contributed by atoms with Crippen LogP contribution in [-0.2, 0) is 6.42 Å². The van der Waals surface area contributed by atoms with Crippen molar-refractivity contribution in [2.75, 3.05) is 0 Å². The lowest BCUT2D eigenvalue weighted by atomic mass is 9.92. The molecule has 0 saturated carbocycles. The molecule has 0 saturated heterocycles. The van der Waals surface area contributed by atoms with Crippen LogP contribution in [0.15, 0.2) is 140 Å². The van der Waals surface area contributed by atoms with E-state index in [1.807, 2.05) is 32.0 Å². The van der Waals surface area contributed by atoms with Gasteiger partial charge in [-0.25, -0.2) is 0 Å². The number of hydrogen-bond acceptors (Lipinski definition) is 0. The molecule has 0 fully saturated rings. The summed E-state index contributed by atoms with van der Waals surface area (Å²) in [6.45, 7) is 10.5. The molecule has 1 aliphatic rings. The number of hydrogen-bond donors (Lipinski definition) is 0. The summed E-state index contributed by atoms with van der Waals surface area (Å²) < 4.78 is 0. The van der Waals surface area contributed by atoms with Gasteiger partial charge in [0.2, 0.25) is 0 Å². The lowest BCUT2D eigenvalue weighted by Crippen LogP contribution is -1.89. The highest BCUT2D eigenvalue weighted by Crippen LogP contribution is 2.39. The van der Waals surface area contributed by atoms with Crippen molar-refractivity contribution in [1.29, 1.82) is 0 Å². The van der Waals surface area contributed by atoms with E-state index in [1.165, 1.54) is 72.3 Å². The fourth-order valence-electron chi connectivity index (χ4n) is 5.66. The van der Waals surface area contributed by atoms with E-state index in [9.17, 15) is 0 Å². The maximum absolute atomic E-state index is 2.36. The normalized spacial score (nSPS) is 10.9. The van der Waals surface area contributed by atoms with Crippen LogP contribution < -0.4 is 0 Å². The van der Waals surface area contributed by atoms with Crippen LogP contribution in [0.4, 0.5) is 0 Å². The first kappa shape index (κ1) is 28.8. The predicted molar refractivity (Wildman–Crippen MR) is 183 cm³/mol. The second-order valence-corrected chi connectivity index (χ2v) is 10.8. The van der Waals surface area contributed by atoms with Gasteiger partial charge in [-0.3, -0.25) is 0 Å². The van der Waals surface area contributed by atoms with Crippen molar-refractivity contribution in [1.82, 2.24) is 0 Å². The Morgan fingerprint density at radius 1 is 0.357 bits per heavy atom. The van der Waals surface area contributed by atoms with Gasteiger partial charge in [0.1, 0.15) is 0 Å². The molecule has 42 heavy (non-hydrogen) atoms. The molecule has 0 aliphatic heterocycles. The van der Waals surface area contributed by atoms with Crippen LogP contribution in [0.3, 0.4) is 0 Å². The molecule has 1 aliphatic carbocycles. The highest BCUT2D eigenvalue weighted by atomic mass is 14.2. The third kappa shape index (κ3) is 6.29. The molecule has 0 aromatic heterocycles. The lowest BCUT2D eigenvalue weighted by Gasteiger charge is -2.12. The van der Waals surface area contributed by atoms with E-state index in [4.69, 9.17) is 0 Å². The molecule has 7 rings (SSSR count). The molecule has 0 spiro atoms. The molecule has 6 aromatic carbocycles. The van der Waals surface area contributed by atoms with E-state index in [0.29, 0.717) is 0 Å². The first-order valence-electron chi connectivity index (χ1n) is 15.1. The third-order valence-corrected chi connectivity index (χ3v) is 7.96. The maximum Gasteiger partial charge on any atom is -0.00134 e. The largest absolute Gasteiger partial charge is 0.0683 e. The fourth-order valence-corrected chi connectivity index (χ4v) is 5.66. The molecule has 0 N–H and O–H groups in total. The topological polar surface area (TPSA) is 0 Å². The average Bonchev–Trinajstić information content (AvgIpc) is 3.42. The summed E-state index contributed by atoms with van der Waals surface area (Å²) in [5, 5.41) is 0. The molecular formula is C42H40. The molecule has 0 amide bonds. The lowest BCUT2D eigenvalue weighted by molar-refractivity contribution is 1.26. The van der Waals surface area contributed by atoms with Crippen LogP contribution in [0.25, 0.3) is 44.5 Å². The van der Waals surface area contributed by atoms with Crippen LogP contribution in [0, 0.1) is 20.8 Å². The molecule has 0 radical (unpaired) electrons. The minimum Gasteiger partial charge on any atom is -0.0683 e. The minimum atomic E-state index is 1.04. The van der Waals surface area contributed by atoms with Crippen molar-refractivity contribution < 1.29 is 0 Å². The van der Waals surface area contributed by atoms with Gasteiger partial charge < -0.3 is 0 Å². The smallest absolute Gasteiger partial charge is 0.00134 e. The Kier molecular flexibility index (Phi) is 9.15. The zero-order valence-electron chi connectivity index (χ0n) is 25.5. The van der Waals surface area contributed by atoms with Crippen molar-refractivity contribution in [2.45, 2.75) is 41.0 Å². The van der Waals surface area contributed by atoms with E-state index in [1.54, 1.807) is 0 Å². The quantitative estimate of drug-likeness (QED) is 0.207. The van der Waals surface area contributed by atoms with Crippen molar-refractivity contribution >= 4 is 0 Å². The van der Waals surface area contributed by atoms with Crippen molar-refractivity contribution in [3.63, 3.8) is 0 Å². The Hall–Kier alpha value is -4.68. The average molecular weight is 545 g/mol. The van der Waals surface area contributed by atoms with Crippen molar-refractivity contribution in [2.24, 2.45) is 0 Å². The Morgan fingerprint density at radius 3 is 1.45 bits per heavy atom. The Morgan fingerprint density at radius 2 is 0.833 bits per heavy atom. The summed E-state index contributed by atoms with van der Waals surface area (Å²) in [5.41, 5.74) is 17.2. The first-order valence-corrected chi connectivity index (χ1v) is 15.1. The van der Waals surface area contributed by atoms with Gasteiger partial charge in [0.15, 0.2) is 0 Å². The molecule has 0 unspecified atom stereocenters. The Labute approximate surface area is 252 Å². The van der Waals surface area contributed by atoms with Crippen LogP contribution in [0.5, 0.6) is 0 Å². The summed E-state index contributed by atoms with van der Waals surface area (Å²) in [6, 6.07) is 50.4. The molecule has 0 nitrogen and oxygen atoms in total. The van der Waals surface area contributed by atoms with E-state index in [2.05, 4.69) is 142 Å². The SMILES string of the molecule is CC.Cc1ccccc1.Cc1ccccc1-c1cc(-c2ccc(-c3ccc4c(c3)-c3ccccc3C4)cc2)ccc1C. The van der Waals surface area contributed by atoms with Crippen LogP contribution in [-0.4, -0.2) is 0 Å². The molecule has 0 heterocycles. The third-order valence-electron chi connectivity index (χ3n) is 7.96. The highest BCUT2D eigenvalue weighted by molar-refractivity contribution is 5.82. The summed E-state index contributed by atoms with van der Waals surface area (Å²) in [6.07, 6.45) is 1.04. The number of fused-ring (bicyclic) bond motifs is 3. The van der Waals surface area contributed by atoms with Crippen molar-refractivity contribution in [3.8, 4) is 44.5 Å². The summed E-state index contributed by atoms with van der Waals surface area (Å²) in [5.74, 6) is 0. The Bertz CT molecular complexity index is 1770. The van der Waals surface area contributed by atoms with Crippen LogP contribution in [0.2, 0.25) is 0 Å². The zero-order chi connectivity index (χ0) is 29.5. The van der Waals surface area contributed by atoms with Gasteiger partial charge in [-0.1, -0.05) is 147 Å². The molecule has 0 atom stereocenters.